The molecule has 2 aromatic carbocycles. The zero-order valence-electron chi connectivity index (χ0n) is 18.4. The van der Waals surface area contributed by atoms with Crippen molar-refractivity contribution in [3.63, 3.8) is 0 Å². The van der Waals surface area contributed by atoms with E-state index in [9.17, 15) is 19.5 Å². The number of nitrogens with one attached hydrogen (secondary N) is 2. The van der Waals surface area contributed by atoms with Gasteiger partial charge in [-0.1, -0.05) is 55.0 Å². The molecular weight excluding hydrogens is 420 g/mol. The first kappa shape index (κ1) is 21.5. The summed E-state index contributed by atoms with van der Waals surface area (Å²) < 4.78 is 5.56. The summed E-state index contributed by atoms with van der Waals surface area (Å²) in [6.07, 6.45) is 2.85. The molecule has 0 spiro atoms. The Morgan fingerprint density at radius 2 is 1.42 bits per heavy atom. The van der Waals surface area contributed by atoms with Gasteiger partial charge in [-0.25, -0.2) is 4.79 Å². The molecule has 0 heterocycles. The van der Waals surface area contributed by atoms with Gasteiger partial charge in [-0.3, -0.25) is 9.59 Å². The zero-order chi connectivity index (χ0) is 23.1. The maximum absolute atomic E-state index is 12.7. The lowest BCUT2D eigenvalue weighted by Crippen LogP contribution is -2.50. The fourth-order valence-electron chi connectivity index (χ4n) is 5.03. The Labute approximate surface area is 192 Å². The van der Waals surface area contributed by atoms with Gasteiger partial charge in [-0.15, -0.1) is 0 Å². The minimum atomic E-state index is -0.851. The normalized spacial score (nSPS) is 18.9. The number of hydrogen-bond acceptors (Lipinski definition) is 4. The van der Waals surface area contributed by atoms with Gasteiger partial charge in [-0.05, 0) is 47.9 Å². The molecule has 2 amide bonds. The molecule has 33 heavy (non-hydrogen) atoms. The first-order chi connectivity index (χ1) is 15.9. The molecule has 0 aromatic heterocycles. The average molecular weight is 449 g/mol. The quantitative estimate of drug-likeness (QED) is 0.572. The topological polar surface area (TPSA) is 105 Å². The highest BCUT2D eigenvalue weighted by Gasteiger charge is 2.51. The third-order valence-electron chi connectivity index (χ3n) is 7.60. The van der Waals surface area contributed by atoms with Gasteiger partial charge < -0.3 is 20.5 Å². The lowest BCUT2D eigenvalue weighted by Gasteiger charge is -2.38. The molecule has 0 saturated heterocycles. The number of hydrogen-bond donors (Lipinski definition) is 3. The number of alkyl carbamates (subject to hydrolysis) is 1. The Balaban J connectivity index is 1.14. The van der Waals surface area contributed by atoms with Crippen LogP contribution in [0.2, 0.25) is 0 Å². The molecule has 2 saturated carbocycles. The van der Waals surface area contributed by atoms with Gasteiger partial charge in [0.05, 0.1) is 10.8 Å². The molecule has 3 aliphatic rings. The number of carboxylic acid groups (broad SMARTS) is 1. The molecule has 0 atom stereocenters. The van der Waals surface area contributed by atoms with Gasteiger partial charge in [0, 0.05) is 19.0 Å². The van der Waals surface area contributed by atoms with Crippen LogP contribution in [0, 0.1) is 10.8 Å². The number of carboxylic acids is 1. The fourth-order valence-corrected chi connectivity index (χ4v) is 5.03. The Morgan fingerprint density at radius 1 is 0.848 bits per heavy atom. The largest absolute Gasteiger partial charge is 0.481 e. The molecule has 3 aliphatic carbocycles. The first-order valence-corrected chi connectivity index (χ1v) is 11.5. The monoisotopic (exact) mass is 448 g/mol. The number of aliphatic carboxylic acids is 1. The Morgan fingerprint density at radius 3 is 1.94 bits per heavy atom. The van der Waals surface area contributed by atoms with Crippen molar-refractivity contribution >= 4 is 18.0 Å². The summed E-state index contributed by atoms with van der Waals surface area (Å²) in [7, 11) is 0. The molecule has 2 aromatic rings. The number of ether oxygens (including phenoxy) is 1. The lowest BCUT2D eigenvalue weighted by atomic mass is 9.68. The van der Waals surface area contributed by atoms with E-state index in [1.54, 1.807) is 0 Å². The summed E-state index contributed by atoms with van der Waals surface area (Å²) in [6, 6.07) is 16.3. The minimum absolute atomic E-state index is 0.0176. The van der Waals surface area contributed by atoms with Gasteiger partial charge in [0.1, 0.15) is 6.61 Å². The van der Waals surface area contributed by atoms with Gasteiger partial charge >= 0.3 is 12.1 Å². The summed E-state index contributed by atoms with van der Waals surface area (Å²) in [6.45, 7) is 0.559. The molecule has 7 heteroatoms. The lowest BCUT2D eigenvalue weighted by molar-refractivity contribution is -0.154. The predicted molar refractivity (Wildman–Crippen MR) is 122 cm³/mol. The molecule has 172 valence electrons. The molecule has 5 rings (SSSR count). The number of benzene rings is 2. The highest BCUT2D eigenvalue weighted by Crippen LogP contribution is 2.47. The Hall–Kier alpha value is -3.35. The number of carbonyl (C=O) groups is 3. The SMILES string of the molecule is O=C(NCC1(C(=O)NCC2(C(=O)O)CCC2)CC1)OCC1c2ccccc2-c2ccccc21. The molecule has 2 fully saturated rings. The van der Waals surface area contributed by atoms with Crippen molar-refractivity contribution in [3.05, 3.63) is 59.7 Å². The maximum Gasteiger partial charge on any atom is 0.407 e. The summed E-state index contributed by atoms with van der Waals surface area (Å²) in [5.41, 5.74) is 3.14. The number of carbonyl (C=O) groups excluding carboxylic acids is 2. The van der Waals surface area contributed by atoms with Crippen LogP contribution < -0.4 is 10.6 Å². The molecule has 7 nitrogen and oxygen atoms in total. The molecule has 0 unspecified atom stereocenters. The molecule has 0 bridgehead atoms. The molecule has 0 aliphatic heterocycles. The second-order valence-electron chi connectivity index (χ2n) is 9.58. The van der Waals surface area contributed by atoms with Crippen LogP contribution in [0.15, 0.2) is 48.5 Å². The van der Waals surface area contributed by atoms with Crippen LogP contribution in [0.5, 0.6) is 0 Å². The maximum atomic E-state index is 12.7. The van der Waals surface area contributed by atoms with Crippen LogP contribution in [0.3, 0.4) is 0 Å². The highest BCUT2D eigenvalue weighted by molar-refractivity contribution is 5.87. The van der Waals surface area contributed by atoms with E-state index < -0.39 is 22.9 Å². The van der Waals surface area contributed by atoms with E-state index >= 15 is 0 Å². The van der Waals surface area contributed by atoms with Crippen molar-refractivity contribution in [2.75, 3.05) is 19.7 Å². The fraction of sp³-hybridized carbons (Fsp3) is 0.423. The third kappa shape index (κ3) is 3.86. The van der Waals surface area contributed by atoms with E-state index in [-0.39, 0.29) is 31.5 Å². The Kier molecular flexibility index (Phi) is 5.35. The molecule has 3 N–H and O–H groups in total. The van der Waals surface area contributed by atoms with Crippen LogP contribution in [0.4, 0.5) is 4.79 Å². The summed E-state index contributed by atoms with van der Waals surface area (Å²) >= 11 is 0. The van der Waals surface area contributed by atoms with Crippen molar-refractivity contribution in [3.8, 4) is 11.1 Å². The molecule has 0 radical (unpaired) electrons. The number of fused-ring (bicyclic) bond motifs is 3. The van der Waals surface area contributed by atoms with Crippen molar-refractivity contribution in [2.45, 2.75) is 38.0 Å². The summed E-state index contributed by atoms with van der Waals surface area (Å²) in [4.78, 5) is 36.6. The number of rotatable bonds is 8. The second kappa shape index (κ2) is 8.21. The van der Waals surface area contributed by atoms with Gasteiger partial charge in [0.15, 0.2) is 0 Å². The summed E-state index contributed by atoms with van der Waals surface area (Å²) in [5, 5.41) is 15.0. The third-order valence-corrected chi connectivity index (χ3v) is 7.60. The molecular formula is C26H28N2O5. The van der Waals surface area contributed by atoms with E-state index in [0.717, 1.165) is 17.5 Å². The zero-order valence-corrected chi connectivity index (χ0v) is 18.4. The average Bonchev–Trinajstić information content (AvgIpc) is 3.52. The Bertz CT molecular complexity index is 1060. The van der Waals surface area contributed by atoms with Crippen LogP contribution in [-0.2, 0) is 14.3 Å². The second-order valence-corrected chi connectivity index (χ2v) is 9.58. The van der Waals surface area contributed by atoms with Crippen LogP contribution >= 0.6 is 0 Å². The van der Waals surface area contributed by atoms with E-state index in [0.29, 0.717) is 25.7 Å². The van der Waals surface area contributed by atoms with E-state index in [1.807, 2.05) is 24.3 Å². The van der Waals surface area contributed by atoms with Crippen molar-refractivity contribution < 1.29 is 24.2 Å². The minimum Gasteiger partial charge on any atom is -0.481 e. The van der Waals surface area contributed by atoms with Crippen molar-refractivity contribution in [2.24, 2.45) is 10.8 Å². The van der Waals surface area contributed by atoms with Crippen LogP contribution in [-0.4, -0.2) is 42.8 Å². The van der Waals surface area contributed by atoms with Crippen LogP contribution in [0.1, 0.15) is 49.1 Å². The van der Waals surface area contributed by atoms with Crippen LogP contribution in [0.25, 0.3) is 11.1 Å². The van der Waals surface area contributed by atoms with Crippen molar-refractivity contribution in [1.29, 1.82) is 0 Å². The smallest absolute Gasteiger partial charge is 0.407 e. The highest BCUT2D eigenvalue weighted by atomic mass is 16.5. The number of amides is 2. The standard InChI is InChI=1S/C26H28N2O5/c29-22(27-16-26(23(30)31)10-5-11-26)25(12-13-25)15-28-24(32)33-14-21-19-8-3-1-6-17(19)18-7-2-4-9-20(18)21/h1-4,6-9,21H,5,10-16H2,(H,27,29)(H,28,32)(H,30,31). The van der Waals surface area contributed by atoms with E-state index in [2.05, 4.69) is 34.9 Å². The van der Waals surface area contributed by atoms with E-state index in [4.69, 9.17) is 4.74 Å². The summed E-state index contributed by atoms with van der Waals surface area (Å²) in [5.74, 6) is -1.05. The van der Waals surface area contributed by atoms with Gasteiger partial charge in [0.25, 0.3) is 0 Å². The predicted octanol–water partition coefficient (Wildman–Crippen LogP) is 3.68. The van der Waals surface area contributed by atoms with Gasteiger partial charge in [0.2, 0.25) is 5.91 Å². The first-order valence-electron chi connectivity index (χ1n) is 11.5. The van der Waals surface area contributed by atoms with Crippen molar-refractivity contribution in [1.82, 2.24) is 10.6 Å². The van der Waals surface area contributed by atoms with Gasteiger partial charge in [-0.2, -0.15) is 0 Å². The van der Waals surface area contributed by atoms with E-state index in [1.165, 1.54) is 11.1 Å².